The summed E-state index contributed by atoms with van der Waals surface area (Å²) >= 11 is 3.39. The van der Waals surface area contributed by atoms with Gasteiger partial charge in [-0.3, -0.25) is 0 Å². The summed E-state index contributed by atoms with van der Waals surface area (Å²) < 4.78 is 2.85. The molecule has 0 radical (unpaired) electrons. The predicted octanol–water partition coefficient (Wildman–Crippen LogP) is 1.76. The molecule has 0 aliphatic rings. The zero-order valence-electron chi connectivity index (χ0n) is 6.13. The summed E-state index contributed by atoms with van der Waals surface area (Å²) in [6.07, 6.45) is 1.08. The van der Waals surface area contributed by atoms with Crippen molar-refractivity contribution in [2.24, 2.45) is 0 Å². The molecule has 0 bridgehead atoms. The summed E-state index contributed by atoms with van der Waals surface area (Å²) in [4.78, 5) is 0. The number of halogens is 1. The summed E-state index contributed by atoms with van der Waals surface area (Å²) in [5.41, 5.74) is 0.952. The largest absolute Gasteiger partial charge is 0.238 e. The monoisotopic (exact) mass is 203 g/mol. The van der Waals surface area contributed by atoms with Crippen molar-refractivity contribution in [2.75, 3.05) is 0 Å². The number of aromatic nitrogens is 3. The second-order valence-electron chi connectivity index (χ2n) is 2.19. The molecule has 0 unspecified atom stereocenters. The topological polar surface area (TPSA) is 30.7 Å². The van der Waals surface area contributed by atoms with Gasteiger partial charge in [0.1, 0.15) is 4.60 Å². The highest BCUT2D eigenvalue weighted by Gasteiger charge is 2.02. The Labute approximate surface area is 68.6 Å². The van der Waals surface area contributed by atoms with Crippen molar-refractivity contribution in [3.8, 4) is 0 Å². The van der Waals surface area contributed by atoms with Crippen LogP contribution in [0.3, 0.4) is 0 Å². The van der Waals surface area contributed by atoms with Crippen LogP contribution in [-0.2, 0) is 6.54 Å². The minimum atomic E-state index is 0.932. The molecule has 0 aliphatic carbocycles. The number of hydrogen-bond donors (Lipinski definition) is 0. The molecule has 10 heavy (non-hydrogen) atoms. The van der Waals surface area contributed by atoms with Gasteiger partial charge in [0.2, 0.25) is 0 Å². The van der Waals surface area contributed by atoms with E-state index in [9.17, 15) is 0 Å². The van der Waals surface area contributed by atoms with Crippen molar-refractivity contribution in [2.45, 2.75) is 26.8 Å². The highest BCUT2D eigenvalue weighted by Crippen LogP contribution is 2.11. The average Bonchev–Trinajstić information content (AvgIpc) is 2.20. The van der Waals surface area contributed by atoms with Crippen LogP contribution in [0.1, 0.15) is 19.0 Å². The maximum atomic E-state index is 3.92. The molecule has 4 heteroatoms. The predicted molar refractivity (Wildman–Crippen MR) is 42.8 cm³/mol. The molecule has 56 valence electrons. The molecule has 0 spiro atoms. The van der Waals surface area contributed by atoms with Gasteiger partial charge in [0.05, 0.1) is 5.69 Å². The summed E-state index contributed by atoms with van der Waals surface area (Å²) in [6, 6.07) is 0. The lowest BCUT2D eigenvalue weighted by Crippen LogP contribution is -1.98. The Morgan fingerprint density at radius 1 is 1.60 bits per heavy atom. The first-order valence-corrected chi connectivity index (χ1v) is 4.10. The average molecular weight is 204 g/mol. The maximum absolute atomic E-state index is 3.92. The molecular formula is C6H10BrN3. The third-order valence-electron chi connectivity index (χ3n) is 1.26. The fourth-order valence-corrected chi connectivity index (χ4v) is 1.07. The molecular weight excluding hydrogens is 194 g/mol. The standard InChI is InChI=1S/C6H10BrN3/c1-3-4-10-6(7)5(2)8-9-10/h3-4H2,1-2H3. The van der Waals surface area contributed by atoms with E-state index in [-0.39, 0.29) is 0 Å². The molecule has 1 aromatic rings. The van der Waals surface area contributed by atoms with Crippen LogP contribution < -0.4 is 0 Å². The van der Waals surface area contributed by atoms with Crippen LogP contribution >= 0.6 is 15.9 Å². The minimum absolute atomic E-state index is 0.932. The second kappa shape index (κ2) is 3.14. The van der Waals surface area contributed by atoms with E-state index in [4.69, 9.17) is 0 Å². The second-order valence-corrected chi connectivity index (χ2v) is 2.94. The van der Waals surface area contributed by atoms with Crippen molar-refractivity contribution in [3.05, 3.63) is 10.3 Å². The summed E-state index contributed by atoms with van der Waals surface area (Å²) in [5, 5.41) is 7.83. The Hall–Kier alpha value is -0.380. The fraction of sp³-hybridized carbons (Fsp3) is 0.667. The third kappa shape index (κ3) is 1.37. The van der Waals surface area contributed by atoms with Gasteiger partial charge in [-0.25, -0.2) is 4.68 Å². The third-order valence-corrected chi connectivity index (χ3v) is 2.25. The number of nitrogens with zero attached hydrogens (tertiary/aromatic N) is 3. The highest BCUT2D eigenvalue weighted by atomic mass is 79.9. The Bertz CT molecular complexity index is 219. The summed E-state index contributed by atoms with van der Waals surface area (Å²) in [5.74, 6) is 0. The van der Waals surface area contributed by atoms with Crippen molar-refractivity contribution >= 4 is 15.9 Å². The van der Waals surface area contributed by atoms with Crippen LogP contribution in [0.15, 0.2) is 4.60 Å². The van der Waals surface area contributed by atoms with Crippen molar-refractivity contribution in [1.29, 1.82) is 0 Å². The Balaban J connectivity index is 2.83. The molecule has 0 saturated carbocycles. The van der Waals surface area contributed by atoms with E-state index in [1.165, 1.54) is 0 Å². The summed E-state index contributed by atoms with van der Waals surface area (Å²) in [7, 11) is 0. The Morgan fingerprint density at radius 3 is 2.70 bits per heavy atom. The zero-order chi connectivity index (χ0) is 7.56. The Morgan fingerprint density at radius 2 is 2.30 bits per heavy atom. The van der Waals surface area contributed by atoms with E-state index in [2.05, 4.69) is 33.2 Å². The lowest BCUT2D eigenvalue weighted by molar-refractivity contribution is 0.569. The van der Waals surface area contributed by atoms with E-state index in [0.717, 1.165) is 23.3 Å². The molecule has 0 atom stereocenters. The Kier molecular flexibility index (Phi) is 2.43. The van der Waals surface area contributed by atoms with Crippen LogP contribution in [-0.4, -0.2) is 15.0 Å². The van der Waals surface area contributed by atoms with Crippen molar-refractivity contribution in [1.82, 2.24) is 15.0 Å². The van der Waals surface area contributed by atoms with Gasteiger partial charge in [0, 0.05) is 6.54 Å². The normalized spacial score (nSPS) is 10.3. The fourth-order valence-electron chi connectivity index (χ4n) is 0.743. The molecule has 3 nitrogen and oxygen atoms in total. The van der Waals surface area contributed by atoms with Gasteiger partial charge in [-0.05, 0) is 29.3 Å². The van der Waals surface area contributed by atoms with Gasteiger partial charge >= 0.3 is 0 Å². The first kappa shape index (κ1) is 7.72. The minimum Gasteiger partial charge on any atom is -0.238 e. The molecule has 0 saturated heterocycles. The molecule has 1 heterocycles. The SMILES string of the molecule is CCCn1nnc(C)c1Br. The van der Waals surface area contributed by atoms with Crippen LogP contribution in [0.4, 0.5) is 0 Å². The van der Waals surface area contributed by atoms with Crippen molar-refractivity contribution in [3.63, 3.8) is 0 Å². The molecule has 1 aromatic heterocycles. The first-order valence-electron chi connectivity index (χ1n) is 3.31. The van der Waals surface area contributed by atoms with Gasteiger partial charge in [0.25, 0.3) is 0 Å². The zero-order valence-corrected chi connectivity index (χ0v) is 7.72. The van der Waals surface area contributed by atoms with Crippen LogP contribution in [0.2, 0.25) is 0 Å². The van der Waals surface area contributed by atoms with Gasteiger partial charge in [0.15, 0.2) is 0 Å². The smallest absolute Gasteiger partial charge is 0.127 e. The molecule has 1 rings (SSSR count). The molecule has 0 N–H and O–H groups in total. The van der Waals surface area contributed by atoms with Crippen LogP contribution in [0, 0.1) is 6.92 Å². The number of hydrogen-bond acceptors (Lipinski definition) is 2. The van der Waals surface area contributed by atoms with E-state index in [1.807, 2.05) is 11.6 Å². The summed E-state index contributed by atoms with van der Waals surface area (Å²) in [6.45, 7) is 4.98. The van der Waals surface area contributed by atoms with Gasteiger partial charge < -0.3 is 0 Å². The first-order chi connectivity index (χ1) is 4.75. The van der Waals surface area contributed by atoms with E-state index in [0.29, 0.717) is 0 Å². The number of rotatable bonds is 2. The molecule has 0 fully saturated rings. The van der Waals surface area contributed by atoms with Crippen LogP contribution in [0.5, 0.6) is 0 Å². The van der Waals surface area contributed by atoms with Gasteiger partial charge in [-0.15, -0.1) is 5.10 Å². The van der Waals surface area contributed by atoms with E-state index >= 15 is 0 Å². The molecule has 0 aromatic carbocycles. The maximum Gasteiger partial charge on any atom is 0.127 e. The van der Waals surface area contributed by atoms with Gasteiger partial charge in [-0.1, -0.05) is 12.1 Å². The quantitative estimate of drug-likeness (QED) is 0.734. The van der Waals surface area contributed by atoms with E-state index in [1.54, 1.807) is 0 Å². The van der Waals surface area contributed by atoms with Gasteiger partial charge in [-0.2, -0.15) is 0 Å². The number of aryl methyl sites for hydroxylation is 2. The molecule has 0 aliphatic heterocycles. The van der Waals surface area contributed by atoms with Crippen LogP contribution in [0.25, 0.3) is 0 Å². The van der Waals surface area contributed by atoms with Crippen molar-refractivity contribution < 1.29 is 0 Å². The lowest BCUT2D eigenvalue weighted by atomic mass is 10.5. The van der Waals surface area contributed by atoms with E-state index < -0.39 is 0 Å². The highest BCUT2D eigenvalue weighted by molar-refractivity contribution is 9.10. The molecule has 0 amide bonds. The lowest BCUT2D eigenvalue weighted by Gasteiger charge is -1.96.